The van der Waals surface area contributed by atoms with Crippen LogP contribution in [0.1, 0.15) is 44.1 Å². The lowest BCUT2D eigenvalue weighted by Gasteiger charge is -2.33. The minimum absolute atomic E-state index is 0.00628. The Labute approximate surface area is 127 Å². The fourth-order valence-corrected chi connectivity index (χ4v) is 2.88. The molecule has 0 spiro atoms. The average molecular weight is 311 g/mol. The van der Waals surface area contributed by atoms with E-state index in [0.29, 0.717) is 13.0 Å². The van der Waals surface area contributed by atoms with Crippen molar-refractivity contribution in [2.75, 3.05) is 6.54 Å². The molecule has 120 valence electrons. The summed E-state index contributed by atoms with van der Waals surface area (Å²) < 4.78 is 26.7. The predicted molar refractivity (Wildman–Crippen MR) is 76.4 cm³/mol. The van der Waals surface area contributed by atoms with Crippen LogP contribution in [0.25, 0.3) is 0 Å². The van der Waals surface area contributed by atoms with Crippen molar-refractivity contribution in [3.63, 3.8) is 0 Å². The van der Waals surface area contributed by atoms with Crippen molar-refractivity contribution in [2.24, 2.45) is 0 Å². The highest BCUT2D eigenvalue weighted by atomic mass is 19.1. The predicted octanol–water partition coefficient (Wildman–Crippen LogP) is 2.92. The van der Waals surface area contributed by atoms with E-state index in [1.165, 1.54) is 11.0 Å². The number of halogens is 2. The maximum atomic E-state index is 13.7. The summed E-state index contributed by atoms with van der Waals surface area (Å²) in [5, 5.41) is 9.19. The highest BCUT2D eigenvalue weighted by molar-refractivity contribution is 5.84. The van der Waals surface area contributed by atoms with Crippen LogP contribution in [0.4, 0.5) is 8.78 Å². The standard InChI is InChI=1S/C16H19F2NO3/c1-10(12-6-5-11(17)9-13(12)18)8-15(20)19-7-3-2-4-14(19)16(21)22/h5-6,9-10,14H,2-4,7-8H2,1H3,(H,21,22)/t10?,14-/m1/s1. The van der Waals surface area contributed by atoms with E-state index < -0.39 is 29.6 Å². The lowest BCUT2D eigenvalue weighted by Crippen LogP contribution is -2.48. The first kappa shape index (κ1) is 16.4. The number of hydrogen-bond acceptors (Lipinski definition) is 2. The monoisotopic (exact) mass is 311 g/mol. The van der Waals surface area contributed by atoms with E-state index in [0.717, 1.165) is 25.0 Å². The molecule has 1 aromatic carbocycles. The van der Waals surface area contributed by atoms with Gasteiger partial charge in [0.1, 0.15) is 17.7 Å². The van der Waals surface area contributed by atoms with Gasteiger partial charge in [-0.15, -0.1) is 0 Å². The Hall–Kier alpha value is -1.98. The molecular weight excluding hydrogens is 292 g/mol. The second kappa shape index (κ2) is 6.85. The van der Waals surface area contributed by atoms with Crippen LogP contribution in [0.2, 0.25) is 0 Å². The van der Waals surface area contributed by atoms with Crippen LogP contribution in [0.5, 0.6) is 0 Å². The van der Waals surface area contributed by atoms with Gasteiger partial charge >= 0.3 is 5.97 Å². The quantitative estimate of drug-likeness (QED) is 0.930. The molecule has 0 aliphatic carbocycles. The molecule has 1 amide bonds. The number of amides is 1. The zero-order valence-corrected chi connectivity index (χ0v) is 12.4. The van der Waals surface area contributed by atoms with Gasteiger partial charge in [-0.1, -0.05) is 13.0 Å². The molecule has 1 aromatic rings. The first-order chi connectivity index (χ1) is 10.4. The molecule has 1 aliphatic heterocycles. The van der Waals surface area contributed by atoms with E-state index in [1.54, 1.807) is 6.92 Å². The van der Waals surface area contributed by atoms with Crippen LogP contribution in [-0.4, -0.2) is 34.5 Å². The number of carboxylic acid groups (broad SMARTS) is 1. The third-order valence-electron chi connectivity index (χ3n) is 4.08. The number of aliphatic carboxylic acids is 1. The summed E-state index contributed by atoms with van der Waals surface area (Å²) in [5.74, 6) is -3.10. The molecule has 22 heavy (non-hydrogen) atoms. The molecule has 0 radical (unpaired) electrons. The number of carbonyl (C=O) groups is 2. The van der Waals surface area contributed by atoms with Gasteiger partial charge in [-0.05, 0) is 36.8 Å². The van der Waals surface area contributed by atoms with Crippen LogP contribution >= 0.6 is 0 Å². The molecule has 2 rings (SSSR count). The lowest BCUT2D eigenvalue weighted by atomic mass is 9.95. The summed E-state index contributed by atoms with van der Waals surface area (Å²) >= 11 is 0. The van der Waals surface area contributed by atoms with Crippen LogP contribution in [0.3, 0.4) is 0 Å². The molecule has 1 heterocycles. The number of carboxylic acids is 1. The zero-order chi connectivity index (χ0) is 16.3. The Morgan fingerprint density at radius 3 is 2.73 bits per heavy atom. The highest BCUT2D eigenvalue weighted by Crippen LogP contribution is 2.26. The van der Waals surface area contributed by atoms with E-state index in [9.17, 15) is 23.5 Å². The summed E-state index contributed by atoms with van der Waals surface area (Å²) in [6, 6.07) is 2.47. The Morgan fingerprint density at radius 1 is 1.36 bits per heavy atom. The normalized spacial score (nSPS) is 19.8. The van der Waals surface area contributed by atoms with E-state index in [4.69, 9.17) is 0 Å². The van der Waals surface area contributed by atoms with Gasteiger partial charge in [-0.2, -0.15) is 0 Å². The van der Waals surface area contributed by atoms with Crippen LogP contribution in [0, 0.1) is 11.6 Å². The lowest BCUT2D eigenvalue weighted by molar-refractivity contribution is -0.152. The minimum Gasteiger partial charge on any atom is -0.480 e. The summed E-state index contributed by atoms with van der Waals surface area (Å²) in [4.78, 5) is 24.9. The molecule has 1 N–H and O–H groups in total. The number of hydrogen-bond donors (Lipinski definition) is 1. The van der Waals surface area contributed by atoms with Crippen molar-refractivity contribution < 1.29 is 23.5 Å². The number of carbonyl (C=O) groups excluding carboxylic acids is 1. The van der Waals surface area contributed by atoms with Gasteiger partial charge in [-0.3, -0.25) is 4.79 Å². The van der Waals surface area contributed by atoms with Gasteiger partial charge in [0.05, 0.1) is 0 Å². The first-order valence-corrected chi connectivity index (χ1v) is 7.37. The average Bonchev–Trinajstić information content (AvgIpc) is 2.46. The van der Waals surface area contributed by atoms with E-state index in [-0.39, 0.29) is 17.9 Å². The first-order valence-electron chi connectivity index (χ1n) is 7.37. The van der Waals surface area contributed by atoms with Crippen molar-refractivity contribution in [2.45, 2.75) is 44.6 Å². The number of benzene rings is 1. The zero-order valence-electron chi connectivity index (χ0n) is 12.4. The topological polar surface area (TPSA) is 57.6 Å². The molecule has 2 atom stereocenters. The molecule has 0 bridgehead atoms. The molecule has 6 heteroatoms. The Balaban J connectivity index is 2.08. The van der Waals surface area contributed by atoms with Crippen molar-refractivity contribution in [1.29, 1.82) is 0 Å². The molecular formula is C16H19F2NO3. The number of nitrogens with zero attached hydrogens (tertiary/aromatic N) is 1. The fourth-order valence-electron chi connectivity index (χ4n) is 2.88. The highest BCUT2D eigenvalue weighted by Gasteiger charge is 2.32. The van der Waals surface area contributed by atoms with Gasteiger partial charge in [0.15, 0.2) is 0 Å². The molecule has 0 aromatic heterocycles. The molecule has 4 nitrogen and oxygen atoms in total. The second-order valence-corrected chi connectivity index (χ2v) is 5.71. The SMILES string of the molecule is CC(CC(=O)N1CCCC[C@@H]1C(=O)O)c1ccc(F)cc1F. The third kappa shape index (κ3) is 3.61. The van der Waals surface area contributed by atoms with E-state index in [1.807, 2.05) is 0 Å². The van der Waals surface area contributed by atoms with E-state index >= 15 is 0 Å². The van der Waals surface area contributed by atoms with Gasteiger partial charge in [-0.25, -0.2) is 13.6 Å². The third-order valence-corrected chi connectivity index (χ3v) is 4.08. The van der Waals surface area contributed by atoms with Crippen LogP contribution < -0.4 is 0 Å². The van der Waals surface area contributed by atoms with Crippen molar-refractivity contribution in [3.05, 3.63) is 35.4 Å². The molecule has 0 saturated carbocycles. The molecule has 1 aliphatic rings. The Bertz CT molecular complexity index is 577. The smallest absolute Gasteiger partial charge is 0.326 e. The maximum Gasteiger partial charge on any atom is 0.326 e. The summed E-state index contributed by atoms with van der Waals surface area (Å²) in [7, 11) is 0. The van der Waals surface area contributed by atoms with Gasteiger partial charge in [0.2, 0.25) is 5.91 Å². The minimum atomic E-state index is -1.01. The largest absolute Gasteiger partial charge is 0.480 e. The van der Waals surface area contributed by atoms with Gasteiger partial charge in [0.25, 0.3) is 0 Å². The van der Waals surface area contributed by atoms with Gasteiger partial charge in [0, 0.05) is 19.0 Å². The maximum absolute atomic E-state index is 13.7. The molecule has 1 saturated heterocycles. The fraction of sp³-hybridized carbons (Fsp3) is 0.500. The summed E-state index contributed by atoms with van der Waals surface area (Å²) in [5.41, 5.74) is 0.263. The molecule has 1 fully saturated rings. The molecule has 1 unspecified atom stereocenters. The number of likely N-dealkylation sites (tertiary alicyclic amines) is 1. The van der Waals surface area contributed by atoms with E-state index in [2.05, 4.69) is 0 Å². The van der Waals surface area contributed by atoms with Gasteiger partial charge < -0.3 is 10.0 Å². The number of rotatable bonds is 4. The summed E-state index contributed by atoms with van der Waals surface area (Å²) in [6.07, 6.45) is 2.00. The van der Waals surface area contributed by atoms with Crippen LogP contribution in [-0.2, 0) is 9.59 Å². The van der Waals surface area contributed by atoms with Crippen LogP contribution in [0.15, 0.2) is 18.2 Å². The number of piperidine rings is 1. The van der Waals surface area contributed by atoms with Crippen molar-refractivity contribution in [3.8, 4) is 0 Å². The Kier molecular flexibility index (Phi) is 5.11. The summed E-state index contributed by atoms with van der Waals surface area (Å²) in [6.45, 7) is 2.09. The Morgan fingerprint density at radius 2 is 2.09 bits per heavy atom. The van der Waals surface area contributed by atoms with Crippen molar-refractivity contribution in [1.82, 2.24) is 4.90 Å². The second-order valence-electron chi connectivity index (χ2n) is 5.71. The van der Waals surface area contributed by atoms with Crippen molar-refractivity contribution >= 4 is 11.9 Å².